The zero-order valence-electron chi connectivity index (χ0n) is 7.25. The van der Waals surface area contributed by atoms with Crippen LogP contribution in [-0.2, 0) is 0 Å². The summed E-state index contributed by atoms with van der Waals surface area (Å²) < 4.78 is 0. The SMILES string of the molecule is C=CCCN(C)C1CCSC1. The molecule has 64 valence electrons. The zero-order valence-corrected chi connectivity index (χ0v) is 8.07. The molecule has 0 amide bonds. The van der Waals surface area contributed by atoms with E-state index in [2.05, 4.69) is 30.3 Å². The highest BCUT2D eigenvalue weighted by Gasteiger charge is 2.18. The van der Waals surface area contributed by atoms with Gasteiger partial charge in [0, 0.05) is 18.3 Å². The Kier molecular flexibility index (Phi) is 4.02. The molecule has 2 heteroatoms. The summed E-state index contributed by atoms with van der Waals surface area (Å²) in [5.74, 6) is 2.68. The van der Waals surface area contributed by atoms with Crippen molar-refractivity contribution in [3.05, 3.63) is 12.7 Å². The molecule has 1 aliphatic rings. The van der Waals surface area contributed by atoms with Gasteiger partial charge in [0.25, 0.3) is 0 Å². The molecule has 1 aliphatic heterocycles. The van der Waals surface area contributed by atoms with E-state index in [-0.39, 0.29) is 0 Å². The highest BCUT2D eigenvalue weighted by Crippen LogP contribution is 2.21. The number of nitrogens with zero attached hydrogens (tertiary/aromatic N) is 1. The normalized spacial score (nSPS) is 24.4. The smallest absolute Gasteiger partial charge is 0.0191 e. The van der Waals surface area contributed by atoms with Crippen LogP contribution in [0.2, 0.25) is 0 Å². The Morgan fingerprint density at radius 2 is 2.55 bits per heavy atom. The molecule has 0 N–H and O–H groups in total. The maximum Gasteiger partial charge on any atom is 0.0191 e. The lowest BCUT2D eigenvalue weighted by atomic mass is 10.2. The molecule has 1 fully saturated rings. The molecule has 0 aromatic rings. The van der Waals surface area contributed by atoms with Gasteiger partial charge in [0.1, 0.15) is 0 Å². The molecule has 0 spiro atoms. The van der Waals surface area contributed by atoms with Crippen molar-refractivity contribution in [2.24, 2.45) is 0 Å². The van der Waals surface area contributed by atoms with Crippen molar-refractivity contribution in [1.29, 1.82) is 0 Å². The van der Waals surface area contributed by atoms with Crippen LogP contribution in [0.5, 0.6) is 0 Å². The van der Waals surface area contributed by atoms with Crippen LogP contribution in [0, 0.1) is 0 Å². The molecule has 1 nitrogen and oxygen atoms in total. The highest BCUT2D eigenvalue weighted by atomic mass is 32.2. The van der Waals surface area contributed by atoms with Crippen LogP contribution in [0.4, 0.5) is 0 Å². The minimum atomic E-state index is 0.833. The Hall–Kier alpha value is 0.0500. The predicted molar refractivity (Wildman–Crippen MR) is 53.2 cm³/mol. The van der Waals surface area contributed by atoms with Crippen molar-refractivity contribution < 1.29 is 0 Å². The first-order valence-electron chi connectivity index (χ1n) is 4.23. The molecule has 1 heterocycles. The Balaban J connectivity index is 2.16. The maximum atomic E-state index is 3.73. The van der Waals surface area contributed by atoms with Crippen molar-refractivity contribution >= 4 is 11.8 Å². The highest BCUT2D eigenvalue weighted by molar-refractivity contribution is 7.99. The van der Waals surface area contributed by atoms with E-state index in [4.69, 9.17) is 0 Å². The summed E-state index contributed by atoms with van der Waals surface area (Å²) in [6.45, 7) is 4.90. The van der Waals surface area contributed by atoms with Crippen LogP contribution in [0.3, 0.4) is 0 Å². The topological polar surface area (TPSA) is 3.24 Å². The minimum absolute atomic E-state index is 0.833. The third-order valence-electron chi connectivity index (χ3n) is 2.21. The molecule has 0 radical (unpaired) electrons. The van der Waals surface area contributed by atoms with E-state index in [1.807, 2.05) is 6.08 Å². The largest absolute Gasteiger partial charge is 0.302 e. The van der Waals surface area contributed by atoms with E-state index in [1.54, 1.807) is 0 Å². The summed E-state index contributed by atoms with van der Waals surface area (Å²) in [6.07, 6.45) is 4.49. The van der Waals surface area contributed by atoms with Crippen molar-refractivity contribution in [2.45, 2.75) is 18.9 Å². The van der Waals surface area contributed by atoms with Crippen molar-refractivity contribution in [2.75, 3.05) is 25.1 Å². The summed E-state index contributed by atoms with van der Waals surface area (Å²) in [6, 6.07) is 0.833. The van der Waals surface area contributed by atoms with Gasteiger partial charge >= 0.3 is 0 Å². The molecule has 0 aromatic carbocycles. The van der Waals surface area contributed by atoms with Crippen LogP contribution in [0.25, 0.3) is 0 Å². The zero-order chi connectivity index (χ0) is 8.10. The summed E-state index contributed by atoms with van der Waals surface area (Å²) in [5, 5.41) is 0. The molecular formula is C9H17NS. The number of hydrogen-bond acceptors (Lipinski definition) is 2. The molecule has 1 saturated heterocycles. The van der Waals surface area contributed by atoms with Crippen molar-refractivity contribution in [3.63, 3.8) is 0 Å². The molecule has 11 heavy (non-hydrogen) atoms. The molecular weight excluding hydrogens is 154 g/mol. The quantitative estimate of drug-likeness (QED) is 0.595. The lowest BCUT2D eigenvalue weighted by Crippen LogP contribution is -2.31. The monoisotopic (exact) mass is 171 g/mol. The van der Waals surface area contributed by atoms with Crippen molar-refractivity contribution in [3.8, 4) is 0 Å². The van der Waals surface area contributed by atoms with E-state index >= 15 is 0 Å². The third-order valence-corrected chi connectivity index (χ3v) is 3.36. The Morgan fingerprint density at radius 3 is 3.09 bits per heavy atom. The fraction of sp³-hybridized carbons (Fsp3) is 0.778. The average molecular weight is 171 g/mol. The van der Waals surface area contributed by atoms with E-state index in [1.165, 1.54) is 24.5 Å². The molecule has 1 unspecified atom stereocenters. The van der Waals surface area contributed by atoms with E-state index in [0.29, 0.717) is 0 Å². The summed E-state index contributed by atoms with van der Waals surface area (Å²) >= 11 is 2.08. The van der Waals surface area contributed by atoms with E-state index in [9.17, 15) is 0 Å². The number of thioether (sulfide) groups is 1. The van der Waals surface area contributed by atoms with Gasteiger partial charge in [-0.15, -0.1) is 6.58 Å². The Labute approximate surface area is 73.8 Å². The van der Waals surface area contributed by atoms with Crippen LogP contribution < -0.4 is 0 Å². The molecule has 1 rings (SSSR count). The van der Waals surface area contributed by atoms with Gasteiger partial charge in [-0.1, -0.05) is 6.08 Å². The summed E-state index contributed by atoms with van der Waals surface area (Å²) in [7, 11) is 2.22. The van der Waals surface area contributed by atoms with Gasteiger partial charge in [-0.2, -0.15) is 11.8 Å². The second-order valence-electron chi connectivity index (χ2n) is 3.08. The van der Waals surface area contributed by atoms with Gasteiger partial charge in [-0.05, 0) is 25.6 Å². The van der Waals surface area contributed by atoms with Crippen molar-refractivity contribution in [1.82, 2.24) is 4.90 Å². The van der Waals surface area contributed by atoms with Gasteiger partial charge in [0.2, 0.25) is 0 Å². The first-order chi connectivity index (χ1) is 5.34. The van der Waals surface area contributed by atoms with Crippen LogP contribution in [-0.4, -0.2) is 36.0 Å². The van der Waals surface area contributed by atoms with Gasteiger partial charge in [0.05, 0.1) is 0 Å². The summed E-state index contributed by atoms with van der Waals surface area (Å²) in [4.78, 5) is 2.46. The number of hydrogen-bond donors (Lipinski definition) is 0. The van der Waals surface area contributed by atoms with E-state index in [0.717, 1.165) is 12.5 Å². The van der Waals surface area contributed by atoms with Gasteiger partial charge in [-0.3, -0.25) is 0 Å². The fourth-order valence-electron chi connectivity index (χ4n) is 1.35. The molecule has 0 saturated carbocycles. The molecule has 0 aliphatic carbocycles. The Bertz CT molecular complexity index is 119. The molecule has 1 atom stereocenters. The maximum absolute atomic E-state index is 3.73. The third kappa shape index (κ3) is 2.88. The number of rotatable bonds is 4. The molecule has 0 aromatic heterocycles. The second-order valence-corrected chi connectivity index (χ2v) is 4.23. The van der Waals surface area contributed by atoms with Gasteiger partial charge in [-0.25, -0.2) is 0 Å². The van der Waals surface area contributed by atoms with Crippen LogP contribution in [0.15, 0.2) is 12.7 Å². The van der Waals surface area contributed by atoms with Gasteiger partial charge < -0.3 is 4.90 Å². The standard InChI is InChI=1S/C9H17NS/c1-3-4-6-10(2)9-5-7-11-8-9/h3,9H,1,4-8H2,2H3. The summed E-state index contributed by atoms with van der Waals surface area (Å²) in [5.41, 5.74) is 0. The molecule has 0 bridgehead atoms. The predicted octanol–water partition coefficient (Wildman–Crippen LogP) is 2.00. The minimum Gasteiger partial charge on any atom is -0.302 e. The second kappa shape index (κ2) is 4.83. The van der Waals surface area contributed by atoms with E-state index < -0.39 is 0 Å². The average Bonchev–Trinajstić information content (AvgIpc) is 2.52. The lowest BCUT2D eigenvalue weighted by molar-refractivity contribution is 0.267. The first kappa shape index (κ1) is 9.14. The lowest BCUT2D eigenvalue weighted by Gasteiger charge is -2.22. The van der Waals surface area contributed by atoms with Gasteiger partial charge in [0.15, 0.2) is 0 Å². The van der Waals surface area contributed by atoms with Crippen LogP contribution >= 0.6 is 11.8 Å². The van der Waals surface area contributed by atoms with Crippen LogP contribution in [0.1, 0.15) is 12.8 Å². The fourth-order valence-corrected chi connectivity index (χ4v) is 2.65. The Morgan fingerprint density at radius 1 is 1.73 bits per heavy atom. The first-order valence-corrected chi connectivity index (χ1v) is 5.39.